The fraction of sp³-hybridized carbons (Fsp3) is 0.125. The minimum atomic E-state index is -0.210. The van der Waals surface area contributed by atoms with E-state index in [-0.39, 0.29) is 12.3 Å². The van der Waals surface area contributed by atoms with E-state index in [1.165, 1.54) is 0 Å². The van der Waals surface area contributed by atoms with Gasteiger partial charge in [0.05, 0.1) is 19.6 Å². The third kappa shape index (κ3) is 3.15. The monoisotopic (exact) mass is 266 g/mol. The van der Waals surface area contributed by atoms with Crippen molar-refractivity contribution in [3.8, 4) is 11.8 Å². The van der Waals surface area contributed by atoms with Crippen LogP contribution in [0, 0.1) is 11.3 Å². The van der Waals surface area contributed by atoms with E-state index < -0.39 is 0 Å². The van der Waals surface area contributed by atoms with Gasteiger partial charge < -0.3 is 10.1 Å². The number of methoxy groups -OCH3 is 1. The smallest absolute Gasteiger partial charge is 0.255 e. The molecule has 0 aliphatic carbocycles. The quantitative estimate of drug-likeness (QED) is 0.925. The van der Waals surface area contributed by atoms with Gasteiger partial charge in [-0.15, -0.1) is 0 Å². The molecular formula is C16H14N2O2. The van der Waals surface area contributed by atoms with Crippen LogP contribution in [0.25, 0.3) is 0 Å². The molecule has 0 fully saturated rings. The zero-order valence-electron chi connectivity index (χ0n) is 11.1. The largest absolute Gasteiger partial charge is 0.497 e. The summed E-state index contributed by atoms with van der Waals surface area (Å²) in [5.41, 5.74) is 2.00. The van der Waals surface area contributed by atoms with Gasteiger partial charge in [0.15, 0.2) is 0 Å². The van der Waals surface area contributed by atoms with Crippen molar-refractivity contribution >= 4 is 11.6 Å². The molecule has 0 aliphatic rings. The van der Waals surface area contributed by atoms with Gasteiger partial charge in [0.2, 0.25) is 0 Å². The third-order valence-corrected chi connectivity index (χ3v) is 2.89. The summed E-state index contributed by atoms with van der Waals surface area (Å²) in [4.78, 5) is 12.1. The summed E-state index contributed by atoms with van der Waals surface area (Å²) in [6, 6.07) is 16.2. The van der Waals surface area contributed by atoms with Crippen LogP contribution in [0.1, 0.15) is 15.9 Å². The van der Waals surface area contributed by atoms with Crippen LogP contribution < -0.4 is 10.1 Å². The second-order valence-electron chi connectivity index (χ2n) is 4.17. The van der Waals surface area contributed by atoms with Crippen molar-refractivity contribution in [2.45, 2.75) is 6.42 Å². The SMILES string of the molecule is COc1ccc(C(=O)Nc2ccccc2CC#N)cc1. The number of hydrogen-bond donors (Lipinski definition) is 1. The van der Waals surface area contributed by atoms with Crippen molar-refractivity contribution < 1.29 is 9.53 Å². The molecule has 0 saturated carbocycles. The number of nitrogens with one attached hydrogen (secondary N) is 1. The first-order chi connectivity index (χ1) is 9.74. The fourth-order valence-corrected chi connectivity index (χ4v) is 1.82. The predicted octanol–water partition coefficient (Wildman–Crippen LogP) is 3.01. The molecule has 4 nitrogen and oxygen atoms in total. The molecule has 2 aromatic rings. The van der Waals surface area contributed by atoms with Crippen LogP contribution in [-0.2, 0) is 6.42 Å². The molecule has 4 heteroatoms. The summed E-state index contributed by atoms with van der Waals surface area (Å²) in [5, 5.41) is 11.6. The highest BCUT2D eigenvalue weighted by Crippen LogP contribution is 2.17. The maximum absolute atomic E-state index is 12.1. The Bertz CT molecular complexity index is 642. The first-order valence-electron chi connectivity index (χ1n) is 6.15. The van der Waals surface area contributed by atoms with E-state index in [4.69, 9.17) is 10.00 Å². The standard InChI is InChI=1S/C16H14N2O2/c1-20-14-8-6-13(7-9-14)16(19)18-15-5-3-2-4-12(15)10-11-17/h2-9H,10H2,1H3,(H,18,19). The number of nitrogens with zero attached hydrogens (tertiary/aromatic N) is 1. The zero-order valence-corrected chi connectivity index (χ0v) is 11.1. The highest BCUT2D eigenvalue weighted by atomic mass is 16.5. The van der Waals surface area contributed by atoms with E-state index >= 15 is 0 Å². The van der Waals surface area contributed by atoms with Crippen LogP contribution in [0.5, 0.6) is 5.75 Å². The van der Waals surface area contributed by atoms with E-state index in [0.29, 0.717) is 17.0 Å². The summed E-state index contributed by atoms with van der Waals surface area (Å²) < 4.78 is 5.05. The second kappa shape index (κ2) is 6.39. The number of amides is 1. The summed E-state index contributed by atoms with van der Waals surface area (Å²) >= 11 is 0. The Morgan fingerprint density at radius 1 is 1.20 bits per heavy atom. The molecule has 0 unspecified atom stereocenters. The lowest BCUT2D eigenvalue weighted by Crippen LogP contribution is -2.13. The lowest BCUT2D eigenvalue weighted by molar-refractivity contribution is 0.102. The minimum absolute atomic E-state index is 0.210. The molecule has 1 N–H and O–H groups in total. The van der Waals surface area contributed by atoms with Crippen molar-refractivity contribution in [2.24, 2.45) is 0 Å². The molecule has 2 rings (SSSR count). The highest BCUT2D eigenvalue weighted by Gasteiger charge is 2.08. The average molecular weight is 266 g/mol. The maximum atomic E-state index is 12.1. The molecule has 100 valence electrons. The summed E-state index contributed by atoms with van der Waals surface area (Å²) in [6.45, 7) is 0. The van der Waals surface area contributed by atoms with Gasteiger partial charge in [-0.1, -0.05) is 18.2 Å². The van der Waals surface area contributed by atoms with E-state index in [2.05, 4.69) is 11.4 Å². The van der Waals surface area contributed by atoms with E-state index in [1.54, 1.807) is 37.4 Å². The van der Waals surface area contributed by atoms with Gasteiger partial charge in [-0.25, -0.2) is 0 Å². The Balaban J connectivity index is 2.17. The first-order valence-corrected chi connectivity index (χ1v) is 6.15. The topological polar surface area (TPSA) is 62.1 Å². The summed E-state index contributed by atoms with van der Waals surface area (Å²) in [7, 11) is 1.58. The van der Waals surface area contributed by atoms with Gasteiger partial charge in [0, 0.05) is 11.3 Å². The summed E-state index contributed by atoms with van der Waals surface area (Å²) in [5.74, 6) is 0.490. The van der Waals surface area contributed by atoms with Gasteiger partial charge in [0.1, 0.15) is 5.75 Å². The molecule has 20 heavy (non-hydrogen) atoms. The number of carbonyl (C=O) groups excluding carboxylic acids is 1. The van der Waals surface area contributed by atoms with Gasteiger partial charge in [-0.05, 0) is 35.9 Å². The van der Waals surface area contributed by atoms with Crippen molar-refractivity contribution in [1.82, 2.24) is 0 Å². The maximum Gasteiger partial charge on any atom is 0.255 e. The molecule has 0 heterocycles. The fourth-order valence-electron chi connectivity index (χ4n) is 1.82. The van der Waals surface area contributed by atoms with Crippen LogP contribution in [0.4, 0.5) is 5.69 Å². The van der Waals surface area contributed by atoms with Gasteiger partial charge in [-0.2, -0.15) is 5.26 Å². The molecule has 0 radical (unpaired) electrons. The van der Waals surface area contributed by atoms with Gasteiger partial charge >= 0.3 is 0 Å². The van der Waals surface area contributed by atoms with Crippen LogP contribution in [0.2, 0.25) is 0 Å². The number of rotatable bonds is 4. The van der Waals surface area contributed by atoms with Gasteiger partial charge in [0.25, 0.3) is 5.91 Å². The van der Waals surface area contributed by atoms with Crippen molar-refractivity contribution in [1.29, 1.82) is 5.26 Å². The Morgan fingerprint density at radius 3 is 2.55 bits per heavy atom. The Morgan fingerprint density at radius 2 is 1.90 bits per heavy atom. The molecule has 0 atom stereocenters. The molecule has 0 bridgehead atoms. The molecular weight excluding hydrogens is 252 g/mol. The lowest BCUT2D eigenvalue weighted by atomic mass is 10.1. The number of carbonyl (C=O) groups is 1. The number of hydrogen-bond acceptors (Lipinski definition) is 3. The highest BCUT2D eigenvalue weighted by molar-refractivity contribution is 6.04. The van der Waals surface area contributed by atoms with E-state index in [0.717, 1.165) is 5.56 Å². The Kier molecular flexibility index (Phi) is 4.35. The molecule has 1 amide bonds. The zero-order chi connectivity index (χ0) is 14.4. The number of benzene rings is 2. The average Bonchev–Trinajstić information content (AvgIpc) is 2.49. The summed E-state index contributed by atoms with van der Waals surface area (Å²) in [6.07, 6.45) is 0.263. The molecule has 0 aliphatic heterocycles. The van der Waals surface area contributed by atoms with Crippen LogP contribution in [0.15, 0.2) is 48.5 Å². The normalized spacial score (nSPS) is 9.60. The third-order valence-electron chi connectivity index (χ3n) is 2.89. The molecule has 0 spiro atoms. The van der Waals surface area contributed by atoms with Crippen molar-refractivity contribution in [3.05, 3.63) is 59.7 Å². The van der Waals surface area contributed by atoms with Crippen LogP contribution in [-0.4, -0.2) is 13.0 Å². The number of para-hydroxylation sites is 1. The molecule has 2 aromatic carbocycles. The number of ether oxygens (including phenoxy) is 1. The lowest BCUT2D eigenvalue weighted by Gasteiger charge is -2.09. The Hall–Kier alpha value is -2.80. The second-order valence-corrected chi connectivity index (χ2v) is 4.17. The van der Waals surface area contributed by atoms with E-state index in [1.807, 2.05) is 18.2 Å². The minimum Gasteiger partial charge on any atom is -0.497 e. The number of anilines is 1. The van der Waals surface area contributed by atoms with Gasteiger partial charge in [-0.3, -0.25) is 4.79 Å². The Labute approximate surface area is 117 Å². The predicted molar refractivity (Wildman–Crippen MR) is 76.7 cm³/mol. The van der Waals surface area contributed by atoms with Crippen molar-refractivity contribution in [3.63, 3.8) is 0 Å². The van der Waals surface area contributed by atoms with Crippen LogP contribution in [0.3, 0.4) is 0 Å². The first kappa shape index (κ1) is 13.6. The number of nitriles is 1. The van der Waals surface area contributed by atoms with E-state index in [9.17, 15) is 4.79 Å². The van der Waals surface area contributed by atoms with Crippen LogP contribution >= 0.6 is 0 Å². The van der Waals surface area contributed by atoms with Crippen molar-refractivity contribution in [2.75, 3.05) is 12.4 Å². The molecule has 0 saturated heterocycles. The molecule has 0 aromatic heterocycles.